The summed E-state index contributed by atoms with van der Waals surface area (Å²) in [5.74, 6) is 0.602. The van der Waals surface area contributed by atoms with Gasteiger partial charge in [-0.1, -0.05) is 11.6 Å². The summed E-state index contributed by atoms with van der Waals surface area (Å²) in [7, 11) is 0. The fourth-order valence-corrected chi connectivity index (χ4v) is 2.13. The first kappa shape index (κ1) is 13.0. The summed E-state index contributed by atoms with van der Waals surface area (Å²) in [4.78, 5) is 14.3. The van der Waals surface area contributed by atoms with E-state index in [1.807, 2.05) is 6.92 Å². The highest BCUT2D eigenvalue weighted by Crippen LogP contribution is 2.26. The molecule has 0 bridgehead atoms. The smallest absolute Gasteiger partial charge is 0.312 e. The molecule has 6 nitrogen and oxygen atoms in total. The molecule has 0 aliphatic carbocycles. The summed E-state index contributed by atoms with van der Waals surface area (Å²) in [5.41, 5.74) is -0.103. The second-order valence-electron chi connectivity index (χ2n) is 4.28. The average Bonchev–Trinajstić information content (AvgIpc) is 2.73. The van der Waals surface area contributed by atoms with Crippen LogP contribution in [0.2, 0.25) is 5.02 Å². The summed E-state index contributed by atoms with van der Waals surface area (Å²) < 4.78 is 5.44. The average molecular weight is 272 g/mol. The molecule has 1 aromatic heterocycles. The first-order valence-corrected chi connectivity index (χ1v) is 6.11. The van der Waals surface area contributed by atoms with E-state index >= 15 is 0 Å². The van der Waals surface area contributed by atoms with Gasteiger partial charge in [-0.2, -0.15) is 0 Å². The van der Waals surface area contributed by atoms with Crippen molar-refractivity contribution in [3.8, 4) is 0 Å². The Labute approximate surface area is 109 Å². The predicted octanol–water partition coefficient (Wildman–Crippen LogP) is 2.48. The molecule has 1 N–H and O–H groups in total. The number of hydrogen-bond donors (Lipinski definition) is 1. The summed E-state index contributed by atoms with van der Waals surface area (Å²) in [6.45, 7) is 3.35. The molecule has 2 heterocycles. The van der Waals surface area contributed by atoms with Crippen LogP contribution in [0.25, 0.3) is 0 Å². The maximum Gasteiger partial charge on any atom is 0.312 e. The van der Waals surface area contributed by atoms with Gasteiger partial charge in [-0.05, 0) is 13.3 Å². The third-order valence-electron chi connectivity index (χ3n) is 3.10. The van der Waals surface area contributed by atoms with E-state index in [0.717, 1.165) is 13.0 Å². The molecule has 1 aromatic rings. The zero-order valence-electron chi connectivity index (χ0n) is 9.93. The van der Waals surface area contributed by atoms with Crippen molar-refractivity contribution in [1.82, 2.24) is 4.98 Å². The highest BCUT2D eigenvalue weighted by molar-refractivity contribution is 6.30. The lowest BCUT2D eigenvalue weighted by Gasteiger charge is -2.14. The molecule has 18 heavy (non-hydrogen) atoms. The molecule has 1 aliphatic heterocycles. The second kappa shape index (κ2) is 5.49. The van der Waals surface area contributed by atoms with Crippen LogP contribution in [0.4, 0.5) is 11.5 Å². The number of ether oxygens (including phenoxy) is 1. The minimum atomic E-state index is -0.490. The van der Waals surface area contributed by atoms with E-state index in [-0.39, 0.29) is 22.6 Å². The molecule has 0 saturated carbocycles. The van der Waals surface area contributed by atoms with Gasteiger partial charge in [0.1, 0.15) is 0 Å². The molecule has 0 radical (unpaired) electrons. The Hall–Kier alpha value is -1.40. The molecule has 98 valence electrons. The lowest BCUT2D eigenvalue weighted by molar-refractivity contribution is -0.384. The van der Waals surface area contributed by atoms with Crippen molar-refractivity contribution in [1.29, 1.82) is 0 Å². The van der Waals surface area contributed by atoms with Gasteiger partial charge >= 0.3 is 5.69 Å². The Morgan fingerprint density at radius 2 is 2.50 bits per heavy atom. The van der Waals surface area contributed by atoms with E-state index < -0.39 is 4.92 Å². The van der Waals surface area contributed by atoms with Gasteiger partial charge in [-0.3, -0.25) is 10.1 Å². The van der Waals surface area contributed by atoms with Gasteiger partial charge in [0.25, 0.3) is 0 Å². The van der Waals surface area contributed by atoms with Gasteiger partial charge in [0.2, 0.25) is 5.82 Å². The Balaban J connectivity index is 2.06. The van der Waals surface area contributed by atoms with E-state index in [9.17, 15) is 10.1 Å². The normalized spacial score (nSPS) is 23.0. The van der Waals surface area contributed by atoms with Gasteiger partial charge in [-0.25, -0.2) is 4.98 Å². The lowest BCUT2D eigenvalue weighted by atomic mass is 10.0. The lowest BCUT2D eigenvalue weighted by Crippen LogP contribution is -2.21. The first-order valence-electron chi connectivity index (χ1n) is 5.73. The van der Waals surface area contributed by atoms with Crippen molar-refractivity contribution in [3.05, 3.63) is 27.4 Å². The van der Waals surface area contributed by atoms with Crippen LogP contribution in [0, 0.1) is 16.0 Å². The summed E-state index contributed by atoms with van der Waals surface area (Å²) >= 11 is 5.70. The molecule has 1 aliphatic rings. The van der Waals surface area contributed by atoms with Crippen LogP contribution >= 0.6 is 11.6 Å². The van der Waals surface area contributed by atoms with Crippen molar-refractivity contribution < 1.29 is 9.66 Å². The van der Waals surface area contributed by atoms with Crippen molar-refractivity contribution in [2.24, 2.45) is 5.92 Å². The third kappa shape index (κ3) is 2.88. The summed E-state index contributed by atoms with van der Waals surface area (Å²) in [5, 5.41) is 14.1. The molecule has 0 aromatic carbocycles. The van der Waals surface area contributed by atoms with Gasteiger partial charge in [0.15, 0.2) is 0 Å². The highest BCUT2D eigenvalue weighted by atomic mass is 35.5. The molecule has 2 atom stereocenters. The Morgan fingerprint density at radius 1 is 1.72 bits per heavy atom. The van der Waals surface area contributed by atoms with Crippen LogP contribution < -0.4 is 5.32 Å². The minimum Gasteiger partial charge on any atom is -0.378 e. The standard InChI is InChI=1S/C11H14ClN3O3/c1-7-8(2-3-18-7)5-13-11-10(15(16)17)4-9(12)6-14-11/h4,6-8H,2-3,5H2,1H3,(H,13,14). The molecule has 7 heteroatoms. The molecule has 2 unspecified atom stereocenters. The Morgan fingerprint density at radius 3 is 3.11 bits per heavy atom. The van der Waals surface area contributed by atoms with Crippen LogP contribution in [-0.4, -0.2) is 29.2 Å². The fraction of sp³-hybridized carbons (Fsp3) is 0.545. The summed E-state index contributed by atoms with van der Waals surface area (Å²) in [6, 6.07) is 1.30. The quantitative estimate of drug-likeness (QED) is 0.672. The van der Waals surface area contributed by atoms with Crippen LogP contribution in [-0.2, 0) is 4.74 Å². The van der Waals surface area contributed by atoms with E-state index in [1.54, 1.807) is 0 Å². The minimum absolute atomic E-state index is 0.103. The van der Waals surface area contributed by atoms with Crippen LogP contribution in [0.1, 0.15) is 13.3 Å². The molecule has 1 fully saturated rings. The first-order chi connectivity index (χ1) is 8.58. The maximum atomic E-state index is 10.9. The molecule has 2 rings (SSSR count). The van der Waals surface area contributed by atoms with Crippen LogP contribution in [0.5, 0.6) is 0 Å². The van der Waals surface area contributed by atoms with E-state index in [0.29, 0.717) is 12.5 Å². The molecule has 0 spiro atoms. The van der Waals surface area contributed by atoms with Crippen molar-refractivity contribution in [2.75, 3.05) is 18.5 Å². The third-order valence-corrected chi connectivity index (χ3v) is 3.30. The van der Waals surface area contributed by atoms with Crippen LogP contribution in [0.15, 0.2) is 12.3 Å². The molecular formula is C11H14ClN3O3. The number of pyridine rings is 1. The number of aromatic nitrogens is 1. The van der Waals surface area contributed by atoms with Crippen molar-refractivity contribution in [3.63, 3.8) is 0 Å². The number of nitrogens with zero attached hydrogens (tertiary/aromatic N) is 2. The number of halogens is 1. The van der Waals surface area contributed by atoms with Gasteiger partial charge < -0.3 is 10.1 Å². The zero-order valence-corrected chi connectivity index (χ0v) is 10.7. The fourth-order valence-electron chi connectivity index (χ4n) is 1.98. The zero-order chi connectivity index (χ0) is 13.1. The van der Waals surface area contributed by atoms with Gasteiger partial charge in [-0.15, -0.1) is 0 Å². The summed E-state index contributed by atoms with van der Waals surface area (Å²) in [6.07, 6.45) is 2.52. The van der Waals surface area contributed by atoms with Crippen LogP contribution in [0.3, 0.4) is 0 Å². The Bertz CT molecular complexity index is 455. The maximum absolute atomic E-state index is 10.9. The number of nitro groups is 1. The van der Waals surface area contributed by atoms with E-state index in [1.165, 1.54) is 12.3 Å². The highest BCUT2D eigenvalue weighted by Gasteiger charge is 2.25. The molecular weight excluding hydrogens is 258 g/mol. The number of hydrogen-bond acceptors (Lipinski definition) is 5. The van der Waals surface area contributed by atoms with E-state index in [2.05, 4.69) is 10.3 Å². The molecule has 0 amide bonds. The second-order valence-corrected chi connectivity index (χ2v) is 4.72. The van der Waals surface area contributed by atoms with Crippen molar-refractivity contribution in [2.45, 2.75) is 19.4 Å². The largest absolute Gasteiger partial charge is 0.378 e. The molecule has 1 saturated heterocycles. The monoisotopic (exact) mass is 271 g/mol. The van der Waals surface area contributed by atoms with Crippen molar-refractivity contribution >= 4 is 23.1 Å². The number of anilines is 1. The number of nitrogens with one attached hydrogen (secondary N) is 1. The van der Waals surface area contributed by atoms with Gasteiger partial charge in [0, 0.05) is 31.3 Å². The van der Waals surface area contributed by atoms with E-state index in [4.69, 9.17) is 16.3 Å². The predicted molar refractivity (Wildman–Crippen MR) is 67.9 cm³/mol. The number of rotatable bonds is 4. The SMILES string of the molecule is CC1OCCC1CNc1ncc(Cl)cc1[N+](=O)[O-]. The van der Waals surface area contributed by atoms with Gasteiger partial charge in [0.05, 0.1) is 16.0 Å². The topological polar surface area (TPSA) is 77.3 Å². The Kier molecular flexibility index (Phi) is 3.98.